The van der Waals surface area contributed by atoms with E-state index in [1.54, 1.807) is 6.08 Å². The van der Waals surface area contributed by atoms with Gasteiger partial charge in [-0.1, -0.05) is 6.08 Å². The molecule has 0 saturated heterocycles. The molecule has 0 spiro atoms. The first kappa shape index (κ1) is 12.1. The monoisotopic (exact) mass is 188 g/mol. The molecule has 0 aromatic heterocycles. The van der Waals surface area contributed by atoms with E-state index in [9.17, 15) is 4.79 Å². The van der Waals surface area contributed by atoms with E-state index in [1.807, 2.05) is 0 Å². The van der Waals surface area contributed by atoms with E-state index in [0.29, 0.717) is 13.0 Å². The molecule has 1 N–H and O–H groups in total. The number of carboxylic acid groups (broad SMARTS) is 1. The Hall–Kier alpha value is -0.870. The van der Waals surface area contributed by atoms with Crippen molar-refractivity contribution < 1.29 is 19.4 Å². The van der Waals surface area contributed by atoms with Crippen LogP contribution in [0.5, 0.6) is 0 Å². The van der Waals surface area contributed by atoms with E-state index in [1.165, 1.54) is 14.0 Å². The van der Waals surface area contributed by atoms with Crippen molar-refractivity contribution in [2.75, 3.05) is 20.3 Å². The minimum atomic E-state index is -1.25. The third kappa shape index (κ3) is 4.05. The van der Waals surface area contributed by atoms with Gasteiger partial charge in [-0.05, 0) is 13.3 Å². The molecule has 0 fully saturated rings. The number of aliphatic carboxylic acids is 1. The highest BCUT2D eigenvalue weighted by Gasteiger charge is 2.33. The van der Waals surface area contributed by atoms with Crippen LogP contribution in [0.15, 0.2) is 12.7 Å². The molecule has 1 unspecified atom stereocenters. The molecule has 13 heavy (non-hydrogen) atoms. The highest BCUT2D eigenvalue weighted by molar-refractivity contribution is 5.77. The number of hydrogen-bond acceptors (Lipinski definition) is 3. The largest absolute Gasteiger partial charge is 0.479 e. The van der Waals surface area contributed by atoms with Gasteiger partial charge in [-0.25, -0.2) is 4.79 Å². The fraction of sp³-hybridized carbons (Fsp3) is 0.667. The summed E-state index contributed by atoms with van der Waals surface area (Å²) in [6.45, 7) is 5.38. The normalized spacial score (nSPS) is 14.9. The zero-order valence-electron chi connectivity index (χ0n) is 8.08. The fourth-order valence-electron chi connectivity index (χ4n) is 0.808. The van der Waals surface area contributed by atoms with E-state index >= 15 is 0 Å². The van der Waals surface area contributed by atoms with Gasteiger partial charge in [0.2, 0.25) is 0 Å². The Bertz CT molecular complexity index is 178. The van der Waals surface area contributed by atoms with E-state index in [0.717, 1.165) is 0 Å². The molecule has 0 aromatic rings. The SMILES string of the molecule is C=CCCOC(C)(COC)C(=O)O. The van der Waals surface area contributed by atoms with Crippen molar-refractivity contribution in [3.05, 3.63) is 12.7 Å². The average Bonchev–Trinajstić information content (AvgIpc) is 2.05. The molecular formula is C9H16O4. The van der Waals surface area contributed by atoms with Crippen LogP contribution in [0.3, 0.4) is 0 Å². The first-order valence-electron chi connectivity index (χ1n) is 4.04. The summed E-state index contributed by atoms with van der Waals surface area (Å²) in [5.74, 6) is -1.02. The van der Waals surface area contributed by atoms with Crippen LogP contribution in [0.1, 0.15) is 13.3 Å². The van der Waals surface area contributed by atoms with Crippen LogP contribution in [0.4, 0.5) is 0 Å². The third-order valence-electron chi connectivity index (χ3n) is 1.61. The van der Waals surface area contributed by atoms with Crippen molar-refractivity contribution in [2.24, 2.45) is 0 Å². The zero-order chi connectivity index (χ0) is 10.3. The lowest BCUT2D eigenvalue weighted by Crippen LogP contribution is -2.43. The minimum Gasteiger partial charge on any atom is -0.479 e. The molecule has 0 amide bonds. The Morgan fingerprint density at radius 1 is 1.69 bits per heavy atom. The van der Waals surface area contributed by atoms with E-state index in [4.69, 9.17) is 14.6 Å². The van der Waals surface area contributed by atoms with Crippen LogP contribution in [-0.4, -0.2) is 37.0 Å². The van der Waals surface area contributed by atoms with E-state index in [2.05, 4.69) is 6.58 Å². The second kappa shape index (κ2) is 5.72. The van der Waals surface area contributed by atoms with Crippen LogP contribution < -0.4 is 0 Å². The summed E-state index contributed by atoms with van der Waals surface area (Å²) in [7, 11) is 1.44. The van der Waals surface area contributed by atoms with Crippen molar-refractivity contribution in [3.8, 4) is 0 Å². The van der Waals surface area contributed by atoms with Crippen LogP contribution in [0.25, 0.3) is 0 Å². The summed E-state index contributed by atoms with van der Waals surface area (Å²) in [6.07, 6.45) is 2.31. The van der Waals surface area contributed by atoms with Gasteiger partial charge >= 0.3 is 5.97 Å². The summed E-state index contributed by atoms with van der Waals surface area (Å²) in [5.41, 5.74) is -1.25. The minimum absolute atomic E-state index is 0.0411. The van der Waals surface area contributed by atoms with Gasteiger partial charge in [0.05, 0.1) is 13.2 Å². The Balaban J connectivity index is 4.07. The molecule has 76 valence electrons. The number of carboxylic acids is 1. The Morgan fingerprint density at radius 3 is 2.69 bits per heavy atom. The third-order valence-corrected chi connectivity index (χ3v) is 1.61. The molecule has 0 aliphatic rings. The molecule has 0 aromatic carbocycles. The number of carbonyl (C=O) groups is 1. The van der Waals surface area contributed by atoms with Gasteiger partial charge in [0.15, 0.2) is 5.60 Å². The number of ether oxygens (including phenoxy) is 2. The summed E-state index contributed by atoms with van der Waals surface area (Å²) in [4.78, 5) is 10.8. The van der Waals surface area contributed by atoms with Crippen molar-refractivity contribution in [2.45, 2.75) is 18.9 Å². The Labute approximate surface area is 78.2 Å². The average molecular weight is 188 g/mol. The number of methoxy groups -OCH3 is 1. The van der Waals surface area contributed by atoms with Gasteiger partial charge < -0.3 is 14.6 Å². The molecule has 1 atom stereocenters. The molecule has 0 bridgehead atoms. The number of hydrogen-bond donors (Lipinski definition) is 1. The van der Waals surface area contributed by atoms with Crippen molar-refractivity contribution >= 4 is 5.97 Å². The topological polar surface area (TPSA) is 55.8 Å². The molecular weight excluding hydrogens is 172 g/mol. The van der Waals surface area contributed by atoms with Crippen molar-refractivity contribution in [1.29, 1.82) is 0 Å². The molecule has 0 radical (unpaired) electrons. The van der Waals surface area contributed by atoms with Gasteiger partial charge in [-0.2, -0.15) is 0 Å². The van der Waals surface area contributed by atoms with Crippen LogP contribution in [0.2, 0.25) is 0 Å². The molecule has 0 heterocycles. The standard InChI is InChI=1S/C9H16O4/c1-4-5-6-13-9(2,7-12-3)8(10)11/h4H,1,5-7H2,2-3H3,(H,10,11). The summed E-state index contributed by atoms with van der Waals surface area (Å²) < 4.78 is 9.94. The maximum atomic E-state index is 10.8. The van der Waals surface area contributed by atoms with Gasteiger partial charge in [0.25, 0.3) is 0 Å². The zero-order valence-corrected chi connectivity index (χ0v) is 8.08. The van der Waals surface area contributed by atoms with Crippen molar-refractivity contribution in [3.63, 3.8) is 0 Å². The maximum Gasteiger partial charge on any atom is 0.338 e. The fourth-order valence-corrected chi connectivity index (χ4v) is 0.808. The van der Waals surface area contributed by atoms with E-state index < -0.39 is 11.6 Å². The predicted molar refractivity (Wildman–Crippen MR) is 48.7 cm³/mol. The van der Waals surface area contributed by atoms with Gasteiger partial charge in [-0.3, -0.25) is 0 Å². The Morgan fingerprint density at radius 2 is 2.31 bits per heavy atom. The van der Waals surface area contributed by atoms with Crippen LogP contribution in [-0.2, 0) is 14.3 Å². The van der Waals surface area contributed by atoms with Crippen LogP contribution >= 0.6 is 0 Å². The lowest BCUT2D eigenvalue weighted by atomic mass is 10.1. The molecule has 0 aliphatic heterocycles. The molecule has 0 saturated carbocycles. The highest BCUT2D eigenvalue weighted by atomic mass is 16.6. The van der Waals surface area contributed by atoms with E-state index in [-0.39, 0.29) is 6.61 Å². The predicted octanol–water partition coefficient (Wildman–Crippen LogP) is 1.07. The Kier molecular flexibility index (Phi) is 5.34. The highest BCUT2D eigenvalue weighted by Crippen LogP contribution is 2.11. The lowest BCUT2D eigenvalue weighted by Gasteiger charge is -2.23. The molecule has 0 aliphatic carbocycles. The number of rotatable bonds is 7. The quantitative estimate of drug-likeness (QED) is 0.479. The smallest absolute Gasteiger partial charge is 0.338 e. The van der Waals surface area contributed by atoms with Crippen LogP contribution in [0, 0.1) is 0 Å². The first-order valence-corrected chi connectivity index (χ1v) is 4.04. The van der Waals surface area contributed by atoms with Gasteiger partial charge in [0.1, 0.15) is 0 Å². The van der Waals surface area contributed by atoms with Gasteiger partial charge in [-0.15, -0.1) is 6.58 Å². The summed E-state index contributed by atoms with van der Waals surface area (Å²) in [5, 5.41) is 8.83. The molecule has 4 heteroatoms. The molecule has 4 nitrogen and oxygen atoms in total. The second-order valence-corrected chi connectivity index (χ2v) is 2.89. The summed E-state index contributed by atoms with van der Waals surface area (Å²) in [6, 6.07) is 0. The molecule has 0 rings (SSSR count). The first-order chi connectivity index (χ1) is 6.06. The van der Waals surface area contributed by atoms with Crippen molar-refractivity contribution in [1.82, 2.24) is 0 Å². The lowest BCUT2D eigenvalue weighted by molar-refractivity contribution is -0.170. The van der Waals surface area contributed by atoms with Gasteiger partial charge in [0, 0.05) is 7.11 Å². The second-order valence-electron chi connectivity index (χ2n) is 2.89. The summed E-state index contributed by atoms with van der Waals surface area (Å²) >= 11 is 0. The maximum absolute atomic E-state index is 10.8.